The van der Waals surface area contributed by atoms with Crippen LogP contribution in [0.4, 0.5) is 0 Å². The standard InChI is InChI=1S/C12H20N4O3/c1-3-4-13-10-7-18-6-9(10)12(17)14-5-11-15-8(2)16-19-11/h9-10,13H,3-7H2,1-2H3,(H,14,17). The number of carbonyl (C=O) groups is 1. The Morgan fingerprint density at radius 1 is 1.47 bits per heavy atom. The first-order valence-corrected chi connectivity index (χ1v) is 6.58. The van der Waals surface area contributed by atoms with E-state index in [4.69, 9.17) is 9.26 Å². The van der Waals surface area contributed by atoms with E-state index in [2.05, 4.69) is 27.7 Å². The highest BCUT2D eigenvalue weighted by Gasteiger charge is 2.33. The number of carbonyl (C=O) groups excluding carboxylic acids is 1. The van der Waals surface area contributed by atoms with Gasteiger partial charge in [-0.3, -0.25) is 4.79 Å². The molecule has 0 aromatic carbocycles. The van der Waals surface area contributed by atoms with E-state index >= 15 is 0 Å². The van der Waals surface area contributed by atoms with Crippen LogP contribution in [-0.2, 0) is 16.1 Å². The highest BCUT2D eigenvalue weighted by atomic mass is 16.5. The molecule has 2 atom stereocenters. The first kappa shape index (κ1) is 14.0. The van der Waals surface area contributed by atoms with Gasteiger partial charge in [0.2, 0.25) is 11.8 Å². The molecule has 2 heterocycles. The molecule has 19 heavy (non-hydrogen) atoms. The molecule has 1 fully saturated rings. The summed E-state index contributed by atoms with van der Waals surface area (Å²) in [5, 5.41) is 9.81. The quantitative estimate of drug-likeness (QED) is 0.755. The number of nitrogens with zero attached hydrogens (tertiary/aromatic N) is 2. The number of rotatable bonds is 6. The highest BCUT2D eigenvalue weighted by molar-refractivity contribution is 5.79. The minimum absolute atomic E-state index is 0.0399. The third kappa shape index (κ3) is 3.74. The predicted octanol–water partition coefficient (Wildman–Crippen LogP) is 0.00882. The van der Waals surface area contributed by atoms with Gasteiger partial charge in [-0.2, -0.15) is 4.98 Å². The van der Waals surface area contributed by atoms with Crippen molar-refractivity contribution in [2.75, 3.05) is 19.8 Å². The maximum atomic E-state index is 12.1. The molecule has 7 heteroatoms. The molecule has 2 unspecified atom stereocenters. The molecular weight excluding hydrogens is 248 g/mol. The molecule has 0 radical (unpaired) electrons. The Hall–Kier alpha value is -1.47. The number of hydrogen-bond acceptors (Lipinski definition) is 6. The van der Waals surface area contributed by atoms with Gasteiger partial charge in [0.1, 0.15) is 0 Å². The molecule has 7 nitrogen and oxygen atoms in total. The van der Waals surface area contributed by atoms with Crippen molar-refractivity contribution in [2.24, 2.45) is 5.92 Å². The van der Waals surface area contributed by atoms with E-state index in [0.717, 1.165) is 13.0 Å². The summed E-state index contributed by atoms with van der Waals surface area (Å²) in [6.45, 7) is 6.02. The molecular formula is C12H20N4O3. The van der Waals surface area contributed by atoms with Gasteiger partial charge < -0.3 is 19.9 Å². The van der Waals surface area contributed by atoms with Crippen LogP contribution >= 0.6 is 0 Å². The maximum absolute atomic E-state index is 12.1. The Morgan fingerprint density at radius 3 is 3.00 bits per heavy atom. The van der Waals surface area contributed by atoms with Gasteiger partial charge in [0, 0.05) is 6.04 Å². The summed E-state index contributed by atoms with van der Waals surface area (Å²) in [6, 6.07) is 0.0874. The van der Waals surface area contributed by atoms with Gasteiger partial charge >= 0.3 is 0 Å². The van der Waals surface area contributed by atoms with E-state index < -0.39 is 0 Å². The molecule has 0 saturated carbocycles. The number of ether oxygens (including phenoxy) is 1. The van der Waals surface area contributed by atoms with Crippen molar-refractivity contribution in [3.63, 3.8) is 0 Å². The Morgan fingerprint density at radius 2 is 2.32 bits per heavy atom. The number of amides is 1. The van der Waals surface area contributed by atoms with Crippen LogP contribution in [0.5, 0.6) is 0 Å². The molecule has 1 aliphatic heterocycles. The van der Waals surface area contributed by atoms with Crippen LogP contribution in [-0.4, -0.2) is 41.8 Å². The molecule has 0 aliphatic carbocycles. The van der Waals surface area contributed by atoms with E-state index in [1.807, 2.05) is 0 Å². The second-order valence-corrected chi connectivity index (χ2v) is 4.66. The zero-order chi connectivity index (χ0) is 13.7. The van der Waals surface area contributed by atoms with Crippen molar-refractivity contribution >= 4 is 5.91 Å². The molecule has 1 aliphatic rings. The normalized spacial score (nSPS) is 22.6. The number of aromatic nitrogens is 2. The third-order valence-electron chi connectivity index (χ3n) is 3.06. The van der Waals surface area contributed by atoms with Crippen LogP contribution in [0, 0.1) is 12.8 Å². The summed E-state index contributed by atoms with van der Waals surface area (Å²) >= 11 is 0. The number of nitrogens with one attached hydrogen (secondary N) is 2. The van der Waals surface area contributed by atoms with Crippen molar-refractivity contribution in [1.29, 1.82) is 0 Å². The molecule has 2 N–H and O–H groups in total. The summed E-state index contributed by atoms with van der Waals surface area (Å²) in [4.78, 5) is 16.1. The van der Waals surface area contributed by atoms with E-state index in [0.29, 0.717) is 24.9 Å². The average Bonchev–Trinajstić information content (AvgIpc) is 3.02. The Bertz CT molecular complexity index is 421. The molecule has 0 spiro atoms. The SMILES string of the molecule is CCCNC1COCC1C(=O)NCc1nc(C)no1. The Balaban J connectivity index is 1.81. The van der Waals surface area contributed by atoms with E-state index in [-0.39, 0.29) is 24.4 Å². The van der Waals surface area contributed by atoms with Crippen molar-refractivity contribution in [2.45, 2.75) is 32.9 Å². The summed E-state index contributed by atoms with van der Waals surface area (Å²) in [7, 11) is 0. The highest BCUT2D eigenvalue weighted by Crippen LogP contribution is 2.14. The minimum Gasteiger partial charge on any atom is -0.379 e. The fraction of sp³-hybridized carbons (Fsp3) is 0.750. The topological polar surface area (TPSA) is 89.3 Å². The summed E-state index contributed by atoms with van der Waals surface area (Å²) in [5.41, 5.74) is 0. The van der Waals surface area contributed by atoms with Gasteiger partial charge in [0.05, 0.1) is 25.7 Å². The lowest BCUT2D eigenvalue weighted by molar-refractivity contribution is -0.125. The average molecular weight is 268 g/mol. The molecule has 1 amide bonds. The fourth-order valence-electron chi connectivity index (χ4n) is 2.05. The van der Waals surface area contributed by atoms with Gasteiger partial charge in [-0.1, -0.05) is 12.1 Å². The summed E-state index contributed by atoms with van der Waals surface area (Å²) in [6.07, 6.45) is 1.03. The lowest BCUT2D eigenvalue weighted by Crippen LogP contribution is -2.44. The van der Waals surface area contributed by atoms with Crippen molar-refractivity contribution in [3.8, 4) is 0 Å². The molecule has 1 aromatic rings. The van der Waals surface area contributed by atoms with Crippen LogP contribution in [0.2, 0.25) is 0 Å². The maximum Gasteiger partial charge on any atom is 0.246 e. The molecule has 106 valence electrons. The monoisotopic (exact) mass is 268 g/mol. The van der Waals surface area contributed by atoms with Crippen molar-refractivity contribution in [1.82, 2.24) is 20.8 Å². The number of hydrogen-bond donors (Lipinski definition) is 2. The Labute approximate surface area is 112 Å². The third-order valence-corrected chi connectivity index (χ3v) is 3.06. The first-order valence-electron chi connectivity index (χ1n) is 6.58. The molecule has 1 saturated heterocycles. The first-order chi connectivity index (χ1) is 9.20. The second-order valence-electron chi connectivity index (χ2n) is 4.66. The van der Waals surface area contributed by atoms with Gasteiger partial charge in [-0.05, 0) is 19.9 Å². The van der Waals surface area contributed by atoms with Gasteiger partial charge in [-0.15, -0.1) is 0 Å². The molecule has 2 rings (SSSR count). The van der Waals surface area contributed by atoms with Crippen LogP contribution < -0.4 is 10.6 Å². The predicted molar refractivity (Wildman–Crippen MR) is 67.3 cm³/mol. The van der Waals surface area contributed by atoms with Crippen LogP contribution in [0.25, 0.3) is 0 Å². The summed E-state index contributed by atoms with van der Waals surface area (Å²) < 4.78 is 10.3. The molecule has 0 bridgehead atoms. The van der Waals surface area contributed by atoms with Crippen LogP contribution in [0.3, 0.4) is 0 Å². The van der Waals surface area contributed by atoms with Crippen molar-refractivity contribution < 1.29 is 14.1 Å². The van der Waals surface area contributed by atoms with E-state index in [1.54, 1.807) is 6.92 Å². The number of aryl methyl sites for hydroxylation is 1. The molecule has 1 aromatic heterocycles. The van der Waals surface area contributed by atoms with E-state index in [1.165, 1.54) is 0 Å². The minimum atomic E-state index is -0.157. The summed E-state index contributed by atoms with van der Waals surface area (Å²) in [5.74, 6) is 0.788. The smallest absolute Gasteiger partial charge is 0.246 e. The zero-order valence-electron chi connectivity index (χ0n) is 11.3. The largest absolute Gasteiger partial charge is 0.379 e. The Kier molecular flexibility index (Phi) is 4.86. The van der Waals surface area contributed by atoms with Crippen LogP contribution in [0.15, 0.2) is 4.52 Å². The van der Waals surface area contributed by atoms with Gasteiger partial charge in [-0.25, -0.2) is 0 Å². The van der Waals surface area contributed by atoms with Crippen molar-refractivity contribution in [3.05, 3.63) is 11.7 Å². The van der Waals surface area contributed by atoms with Gasteiger partial charge in [0.25, 0.3) is 0 Å². The zero-order valence-corrected chi connectivity index (χ0v) is 11.3. The second kappa shape index (κ2) is 6.63. The van der Waals surface area contributed by atoms with E-state index in [9.17, 15) is 4.79 Å². The van der Waals surface area contributed by atoms with Gasteiger partial charge in [0.15, 0.2) is 5.82 Å². The van der Waals surface area contributed by atoms with Crippen LogP contribution in [0.1, 0.15) is 25.1 Å². The lowest BCUT2D eigenvalue weighted by Gasteiger charge is -2.17. The fourth-order valence-corrected chi connectivity index (χ4v) is 2.05. The lowest BCUT2D eigenvalue weighted by atomic mass is 10.0.